The molecule has 1 amide bonds. The Bertz CT molecular complexity index is 1290. The zero-order valence-electron chi connectivity index (χ0n) is 17.0. The average Bonchev–Trinajstić information content (AvgIpc) is 3.17. The highest BCUT2D eigenvalue weighted by atomic mass is 16.2. The van der Waals surface area contributed by atoms with Crippen molar-refractivity contribution in [2.75, 3.05) is 11.9 Å². The third-order valence-corrected chi connectivity index (χ3v) is 5.85. The van der Waals surface area contributed by atoms with E-state index in [1.807, 2.05) is 18.5 Å². The minimum Gasteiger partial charge on any atom is -0.383 e. The maximum atomic E-state index is 12.5. The van der Waals surface area contributed by atoms with Crippen molar-refractivity contribution >= 4 is 17.2 Å². The van der Waals surface area contributed by atoms with E-state index in [1.54, 1.807) is 10.9 Å². The van der Waals surface area contributed by atoms with Crippen molar-refractivity contribution < 1.29 is 4.79 Å². The van der Waals surface area contributed by atoms with Gasteiger partial charge in [-0.25, -0.2) is 9.67 Å². The molecule has 2 N–H and O–H groups in total. The summed E-state index contributed by atoms with van der Waals surface area (Å²) in [5.74, 6) is 0.436. The first-order chi connectivity index (χ1) is 15.2. The first kappa shape index (κ1) is 18.1. The number of pyridine rings is 2. The van der Waals surface area contributed by atoms with E-state index in [4.69, 9.17) is 0 Å². The molecule has 0 aromatic carbocycles. The molecular formula is C22H22N8O. The van der Waals surface area contributed by atoms with Gasteiger partial charge < -0.3 is 15.0 Å². The lowest BCUT2D eigenvalue weighted by atomic mass is 10.2. The van der Waals surface area contributed by atoms with Crippen LogP contribution in [0.25, 0.3) is 5.65 Å². The molecule has 1 aliphatic heterocycles. The zero-order chi connectivity index (χ0) is 20.8. The standard InChI is InChI=1S/C22H22N8O/c31-22(25-8-17-7-15-5-6-23-19(15)9-24-17)20-13-30(28-27-20)12-18-11-29-10-16(14-1-2-14)3-4-21(29)26-18/h3-4,7,9-11,13-14,23H,1-2,5-6,8,12H2,(H,25,31). The number of anilines is 1. The number of carbonyl (C=O) groups excluding carboxylic acids is 1. The number of carbonyl (C=O) groups is 1. The highest BCUT2D eigenvalue weighted by Crippen LogP contribution is 2.39. The van der Waals surface area contributed by atoms with Crippen LogP contribution in [0.2, 0.25) is 0 Å². The van der Waals surface area contributed by atoms with Crippen LogP contribution in [-0.4, -0.2) is 41.8 Å². The van der Waals surface area contributed by atoms with Gasteiger partial charge in [-0.3, -0.25) is 9.78 Å². The molecule has 5 heterocycles. The number of hydrogen-bond donors (Lipinski definition) is 2. The summed E-state index contributed by atoms with van der Waals surface area (Å²) < 4.78 is 3.70. The van der Waals surface area contributed by atoms with Crippen molar-refractivity contribution in [1.82, 2.24) is 34.7 Å². The van der Waals surface area contributed by atoms with Gasteiger partial charge in [-0.2, -0.15) is 0 Å². The fraction of sp³-hybridized carbons (Fsp3) is 0.318. The molecule has 0 bridgehead atoms. The lowest BCUT2D eigenvalue weighted by Gasteiger charge is -2.05. The Morgan fingerprint density at radius 1 is 1.19 bits per heavy atom. The van der Waals surface area contributed by atoms with Crippen LogP contribution in [0, 0.1) is 0 Å². The van der Waals surface area contributed by atoms with Gasteiger partial charge in [-0.15, -0.1) is 5.10 Å². The number of fused-ring (bicyclic) bond motifs is 2. The van der Waals surface area contributed by atoms with Gasteiger partial charge >= 0.3 is 0 Å². The molecule has 9 heteroatoms. The van der Waals surface area contributed by atoms with Gasteiger partial charge in [-0.05, 0) is 48.4 Å². The summed E-state index contributed by atoms with van der Waals surface area (Å²) in [6, 6.07) is 6.25. The first-order valence-corrected chi connectivity index (χ1v) is 10.6. The highest BCUT2D eigenvalue weighted by Gasteiger charge is 2.23. The number of hydrogen-bond acceptors (Lipinski definition) is 6. The van der Waals surface area contributed by atoms with E-state index in [1.165, 1.54) is 24.0 Å². The van der Waals surface area contributed by atoms with Crippen LogP contribution in [-0.2, 0) is 19.5 Å². The second kappa shape index (κ2) is 7.19. The van der Waals surface area contributed by atoms with E-state index in [0.717, 1.165) is 35.7 Å². The van der Waals surface area contributed by atoms with Crippen LogP contribution < -0.4 is 10.6 Å². The van der Waals surface area contributed by atoms with Crippen LogP contribution >= 0.6 is 0 Å². The molecule has 0 unspecified atom stereocenters. The van der Waals surface area contributed by atoms with Crippen LogP contribution in [0.15, 0.2) is 43.0 Å². The van der Waals surface area contributed by atoms with Gasteiger partial charge in [0.1, 0.15) is 5.65 Å². The van der Waals surface area contributed by atoms with Crippen LogP contribution in [0.1, 0.15) is 51.8 Å². The number of aromatic nitrogens is 6. The van der Waals surface area contributed by atoms with Crippen molar-refractivity contribution in [3.63, 3.8) is 0 Å². The van der Waals surface area contributed by atoms with E-state index in [9.17, 15) is 4.79 Å². The van der Waals surface area contributed by atoms with E-state index in [0.29, 0.717) is 19.0 Å². The Hall–Kier alpha value is -3.75. The molecule has 9 nitrogen and oxygen atoms in total. The summed E-state index contributed by atoms with van der Waals surface area (Å²) >= 11 is 0. The number of imidazole rings is 1. The Morgan fingerprint density at radius 2 is 2.13 bits per heavy atom. The largest absolute Gasteiger partial charge is 0.383 e. The minimum absolute atomic E-state index is 0.268. The predicted molar refractivity (Wildman–Crippen MR) is 114 cm³/mol. The predicted octanol–water partition coefficient (Wildman–Crippen LogP) is 2.14. The Kier molecular flexibility index (Phi) is 4.19. The fourth-order valence-corrected chi connectivity index (χ4v) is 4.04. The summed E-state index contributed by atoms with van der Waals surface area (Å²) in [6.45, 7) is 1.75. The summed E-state index contributed by atoms with van der Waals surface area (Å²) in [4.78, 5) is 21.5. The second-order valence-electron chi connectivity index (χ2n) is 8.23. The second-order valence-corrected chi connectivity index (χ2v) is 8.23. The van der Waals surface area contributed by atoms with E-state index >= 15 is 0 Å². The summed E-state index contributed by atoms with van der Waals surface area (Å²) in [7, 11) is 0. The molecule has 4 aromatic rings. The lowest BCUT2D eigenvalue weighted by Crippen LogP contribution is -2.23. The molecule has 2 aliphatic rings. The molecule has 156 valence electrons. The van der Waals surface area contributed by atoms with Crippen LogP contribution in [0.4, 0.5) is 5.69 Å². The third-order valence-electron chi connectivity index (χ3n) is 5.85. The molecule has 0 atom stereocenters. The topological polar surface area (TPSA) is 102 Å². The van der Waals surface area contributed by atoms with Gasteiger partial charge in [-0.1, -0.05) is 11.3 Å². The lowest BCUT2D eigenvalue weighted by molar-refractivity contribution is 0.0945. The van der Waals surface area contributed by atoms with Crippen LogP contribution in [0.5, 0.6) is 0 Å². The Labute approximate surface area is 178 Å². The van der Waals surface area contributed by atoms with Crippen molar-refractivity contribution in [3.05, 3.63) is 71.2 Å². The van der Waals surface area contributed by atoms with Crippen molar-refractivity contribution in [3.8, 4) is 0 Å². The normalized spacial score (nSPS) is 15.1. The van der Waals surface area contributed by atoms with Gasteiger partial charge in [0.05, 0.1) is 42.6 Å². The zero-order valence-corrected chi connectivity index (χ0v) is 17.0. The van der Waals surface area contributed by atoms with E-state index in [2.05, 4.69) is 53.6 Å². The molecule has 1 aliphatic carbocycles. The number of nitrogens with zero attached hydrogens (tertiary/aromatic N) is 6. The smallest absolute Gasteiger partial charge is 0.273 e. The molecule has 4 aromatic heterocycles. The quantitative estimate of drug-likeness (QED) is 0.501. The summed E-state index contributed by atoms with van der Waals surface area (Å²) in [6.07, 6.45) is 11.2. The molecule has 1 fully saturated rings. The Morgan fingerprint density at radius 3 is 3.03 bits per heavy atom. The maximum Gasteiger partial charge on any atom is 0.273 e. The van der Waals surface area contributed by atoms with Crippen molar-refractivity contribution in [2.24, 2.45) is 0 Å². The first-order valence-electron chi connectivity index (χ1n) is 10.6. The van der Waals surface area contributed by atoms with Crippen molar-refractivity contribution in [1.29, 1.82) is 0 Å². The van der Waals surface area contributed by atoms with Gasteiger partial charge in [0.25, 0.3) is 5.91 Å². The highest BCUT2D eigenvalue weighted by molar-refractivity contribution is 5.91. The SMILES string of the molecule is O=C(NCc1cc2c(cn1)NCC2)c1cn(Cc2cn3cc(C4CC4)ccc3n2)nn1. The van der Waals surface area contributed by atoms with Gasteiger partial charge in [0, 0.05) is 18.9 Å². The number of rotatable bonds is 6. The van der Waals surface area contributed by atoms with Crippen molar-refractivity contribution in [2.45, 2.75) is 38.3 Å². The van der Waals surface area contributed by atoms with Crippen LogP contribution in [0.3, 0.4) is 0 Å². The molecule has 0 radical (unpaired) electrons. The molecule has 1 saturated carbocycles. The Balaban J connectivity index is 1.11. The van der Waals surface area contributed by atoms with Gasteiger partial charge in [0.2, 0.25) is 0 Å². The fourth-order valence-electron chi connectivity index (χ4n) is 4.04. The average molecular weight is 414 g/mol. The summed E-state index contributed by atoms with van der Waals surface area (Å²) in [5.41, 5.74) is 6.58. The molecular weight excluding hydrogens is 392 g/mol. The number of nitrogens with one attached hydrogen (secondary N) is 2. The van der Waals surface area contributed by atoms with E-state index < -0.39 is 0 Å². The molecule has 0 saturated heterocycles. The van der Waals surface area contributed by atoms with Gasteiger partial charge in [0.15, 0.2) is 5.69 Å². The third kappa shape index (κ3) is 3.63. The molecule has 6 rings (SSSR count). The van der Waals surface area contributed by atoms with E-state index in [-0.39, 0.29) is 11.6 Å². The maximum absolute atomic E-state index is 12.5. The molecule has 31 heavy (non-hydrogen) atoms. The summed E-state index contributed by atoms with van der Waals surface area (Å²) in [5, 5.41) is 14.3. The minimum atomic E-state index is -0.268. The molecule has 0 spiro atoms. The number of amides is 1. The monoisotopic (exact) mass is 414 g/mol.